The Labute approximate surface area is 134 Å². The summed E-state index contributed by atoms with van der Waals surface area (Å²) < 4.78 is 28.7. The highest BCUT2D eigenvalue weighted by Gasteiger charge is 2.21. The van der Waals surface area contributed by atoms with Crippen LogP contribution in [0.4, 0.5) is 5.69 Å². The molecule has 23 heavy (non-hydrogen) atoms. The second-order valence-electron chi connectivity index (χ2n) is 5.18. The molecule has 2 rings (SSSR count). The van der Waals surface area contributed by atoms with Gasteiger partial charge in [-0.3, -0.25) is 4.79 Å². The lowest BCUT2D eigenvalue weighted by Crippen LogP contribution is -2.27. The van der Waals surface area contributed by atoms with Gasteiger partial charge < -0.3 is 20.8 Å². The number of aromatic amines is 1. The molecule has 2 aromatic rings. The average Bonchev–Trinajstić information content (AvgIpc) is 2.99. The van der Waals surface area contributed by atoms with E-state index in [-0.39, 0.29) is 27.9 Å². The standard InChI is InChI=1S/C15H19N3O4S/c1-9(12-5-4-6-17-12)18-15(19)10-7-14(23(3,20)21)11(16)8-13(10)22-2/h4-9,17H,16H2,1-3H3,(H,18,19). The van der Waals surface area contributed by atoms with Crippen molar-refractivity contribution >= 4 is 21.4 Å². The van der Waals surface area contributed by atoms with Crippen LogP contribution in [-0.2, 0) is 9.84 Å². The summed E-state index contributed by atoms with van der Waals surface area (Å²) in [5, 5.41) is 2.79. The molecule has 0 spiro atoms. The second kappa shape index (κ2) is 6.33. The number of nitrogens with two attached hydrogens (primary N) is 1. The summed E-state index contributed by atoms with van der Waals surface area (Å²) in [6.07, 6.45) is 2.79. The molecule has 7 nitrogen and oxygen atoms in total. The number of methoxy groups -OCH3 is 1. The fourth-order valence-corrected chi connectivity index (χ4v) is 3.03. The molecule has 0 saturated heterocycles. The first-order valence-corrected chi connectivity index (χ1v) is 8.75. The van der Waals surface area contributed by atoms with E-state index in [9.17, 15) is 13.2 Å². The first kappa shape index (κ1) is 16.9. The molecule has 0 aliphatic heterocycles. The first-order chi connectivity index (χ1) is 10.7. The number of sulfone groups is 1. The monoisotopic (exact) mass is 337 g/mol. The number of hydrogen-bond donors (Lipinski definition) is 3. The van der Waals surface area contributed by atoms with Crippen LogP contribution in [-0.4, -0.2) is 32.7 Å². The molecular formula is C15H19N3O4S. The van der Waals surface area contributed by atoms with Gasteiger partial charge >= 0.3 is 0 Å². The molecule has 1 amide bonds. The Hall–Kier alpha value is -2.48. The number of amides is 1. The van der Waals surface area contributed by atoms with Crippen molar-refractivity contribution in [3.05, 3.63) is 41.7 Å². The minimum absolute atomic E-state index is 0.0401. The highest BCUT2D eigenvalue weighted by molar-refractivity contribution is 7.90. The third-order valence-electron chi connectivity index (χ3n) is 3.41. The number of rotatable bonds is 5. The van der Waals surface area contributed by atoms with Crippen LogP contribution >= 0.6 is 0 Å². The molecule has 1 atom stereocenters. The van der Waals surface area contributed by atoms with Crippen LogP contribution < -0.4 is 15.8 Å². The number of aromatic nitrogens is 1. The van der Waals surface area contributed by atoms with Crippen molar-refractivity contribution in [2.75, 3.05) is 19.1 Å². The van der Waals surface area contributed by atoms with Crippen LogP contribution in [0.25, 0.3) is 0 Å². The van der Waals surface area contributed by atoms with E-state index in [1.54, 1.807) is 6.20 Å². The van der Waals surface area contributed by atoms with Crippen molar-refractivity contribution in [2.45, 2.75) is 17.9 Å². The molecule has 0 aliphatic carbocycles. The Morgan fingerprint density at radius 3 is 2.61 bits per heavy atom. The summed E-state index contributed by atoms with van der Waals surface area (Å²) in [7, 11) is -2.16. The highest BCUT2D eigenvalue weighted by Crippen LogP contribution is 2.29. The van der Waals surface area contributed by atoms with Crippen molar-refractivity contribution in [1.29, 1.82) is 0 Å². The summed E-state index contributed by atoms with van der Waals surface area (Å²) in [5.41, 5.74) is 6.72. The maximum atomic E-state index is 12.5. The van der Waals surface area contributed by atoms with Gasteiger partial charge in [0.2, 0.25) is 0 Å². The van der Waals surface area contributed by atoms with Crippen molar-refractivity contribution in [3.63, 3.8) is 0 Å². The van der Waals surface area contributed by atoms with E-state index in [2.05, 4.69) is 10.3 Å². The van der Waals surface area contributed by atoms with E-state index in [1.807, 2.05) is 19.1 Å². The molecule has 0 bridgehead atoms. The average molecular weight is 337 g/mol. The SMILES string of the molecule is COc1cc(N)c(S(C)(=O)=O)cc1C(=O)NC(C)c1ccc[nH]1. The van der Waals surface area contributed by atoms with Gasteiger partial charge in [0.05, 0.1) is 29.3 Å². The van der Waals surface area contributed by atoms with Crippen LogP contribution in [0.15, 0.2) is 35.4 Å². The fourth-order valence-electron chi connectivity index (χ4n) is 2.21. The maximum absolute atomic E-state index is 12.5. The molecular weight excluding hydrogens is 318 g/mol. The topological polar surface area (TPSA) is 114 Å². The van der Waals surface area contributed by atoms with E-state index in [0.29, 0.717) is 0 Å². The predicted molar refractivity (Wildman–Crippen MR) is 87.2 cm³/mol. The number of nitrogens with one attached hydrogen (secondary N) is 2. The van der Waals surface area contributed by atoms with E-state index in [4.69, 9.17) is 10.5 Å². The molecule has 124 valence electrons. The van der Waals surface area contributed by atoms with Crippen LogP contribution in [0.3, 0.4) is 0 Å². The van der Waals surface area contributed by atoms with Crippen LogP contribution in [0, 0.1) is 0 Å². The molecule has 0 fully saturated rings. The van der Waals surface area contributed by atoms with Gasteiger partial charge in [0.1, 0.15) is 5.75 Å². The van der Waals surface area contributed by atoms with Gasteiger partial charge in [0.15, 0.2) is 9.84 Å². The Bertz CT molecular complexity index is 813. The minimum Gasteiger partial charge on any atom is -0.496 e. The Morgan fingerprint density at radius 1 is 1.39 bits per heavy atom. The summed E-state index contributed by atoms with van der Waals surface area (Å²) in [6, 6.07) is 5.96. The lowest BCUT2D eigenvalue weighted by atomic mass is 10.1. The number of H-pyrrole nitrogens is 1. The summed E-state index contributed by atoms with van der Waals surface area (Å²) >= 11 is 0. The summed E-state index contributed by atoms with van der Waals surface area (Å²) in [6.45, 7) is 1.81. The predicted octanol–water partition coefficient (Wildman–Crippen LogP) is 1.50. The zero-order valence-corrected chi connectivity index (χ0v) is 13.9. The first-order valence-electron chi connectivity index (χ1n) is 6.85. The normalized spacial score (nSPS) is 12.7. The molecule has 1 unspecified atom stereocenters. The molecule has 1 aromatic heterocycles. The van der Waals surface area contributed by atoms with Gasteiger partial charge in [0.25, 0.3) is 5.91 Å². The molecule has 1 aromatic carbocycles. The van der Waals surface area contributed by atoms with Gasteiger partial charge in [-0.2, -0.15) is 0 Å². The maximum Gasteiger partial charge on any atom is 0.255 e. The van der Waals surface area contributed by atoms with Crippen LogP contribution in [0.2, 0.25) is 0 Å². The Morgan fingerprint density at radius 2 is 2.09 bits per heavy atom. The number of nitrogen functional groups attached to an aromatic ring is 1. The third-order valence-corrected chi connectivity index (χ3v) is 4.56. The van der Waals surface area contributed by atoms with Crippen molar-refractivity contribution in [1.82, 2.24) is 10.3 Å². The van der Waals surface area contributed by atoms with Crippen LogP contribution in [0.1, 0.15) is 29.0 Å². The number of anilines is 1. The summed E-state index contributed by atoms with van der Waals surface area (Å²) in [4.78, 5) is 15.4. The molecule has 0 radical (unpaired) electrons. The lowest BCUT2D eigenvalue weighted by molar-refractivity contribution is 0.0936. The van der Waals surface area contributed by atoms with Gasteiger partial charge in [0, 0.05) is 24.2 Å². The summed E-state index contributed by atoms with van der Waals surface area (Å²) in [5.74, 6) is -0.236. The second-order valence-corrected chi connectivity index (χ2v) is 7.17. The zero-order chi connectivity index (χ0) is 17.2. The van der Waals surface area contributed by atoms with Gasteiger partial charge in [-0.25, -0.2) is 8.42 Å². The zero-order valence-electron chi connectivity index (χ0n) is 13.1. The number of carbonyl (C=O) groups excluding carboxylic acids is 1. The van der Waals surface area contributed by atoms with Crippen molar-refractivity contribution < 1.29 is 17.9 Å². The number of ether oxygens (including phenoxy) is 1. The molecule has 1 heterocycles. The van der Waals surface area contributed by atoms with E-state index in [1.165, 1.54) is 19.2 Å². The molecule has 4 N–H and O–H groups in total. The van der Waals surface area contributed by atoms with E-state index < -0.39 is 15.7 Å². The highest BCUT2D eigenvalue weighted by atomic mass is 32.2. The lowest BCUT2D eigenvalue weighted by Gasteiger charge is -2.16. The third kappa shape index (κ3) is 3.65. The number of benzene rings is 1. The number of hydrogen-bond acceptors (Lipinski definition) is 5. The quantitative estimate of drug-likeness (QED) is 0.715. The molecule has 0 saturated carbocycles. The largest absolute Gasteiger partial charge is 0.496 e. The minimum atomic E-state index is -3.55. The van der Waals surface area contributed by atoms with E-state index in [0.717, 1.165) is 11.9 Å². The fraction of sp³-hybridized carbons (Fsp3) is 0.267. The smallest absolute Gasteiger partial charge is 0.255 e. The van der Waals surface area contributed by atoms with Crippen molar-refractivity contribution in [3.8, 4) is 5.75 Å². The van der Waals surface area contributed by atoms with Crippen molar-refractivity contribution in [2.24, 2.45) is 0 Å². The molecule has 8 heteroatoms. The van der Waals surface area contributed by atoms with E-state index >= 15 is 0 Å². The van der Waals surface area contributed by atoms with Gasteiger partial charge in [-0.05, 0) is 25.1 Å². The Kier molecular flexibility index (Phi) is 4.65. The van der Waals surface area contributed by atoms with Gasteiger partial charge in [-0.15, -0.1) is 0 Å². The Balaban J connectivity index is 2.39. The number of carbonyl (C=O) groups is 1. The van der Waals surface area contributed by atoms with Gasteiger partial charge in [-0.1, -0.05) is 0 Å². The van der Waals surface area contributed by atoms with Crippen LogP contribution in [0.5, 0.6) is 5.75 Å². The molecule has 0 aliphatic rings.